The zero-order chi connectivity index (χ0) is 27.2. The van der Waals surface area contributed by atoms with Gasteiger partial charge in [-0.2, -0.15) is 5.10 Å². The maximum absolute atomic E-state index is 12.8. The maximum atomic E-state index is 12.8. The summed E-state index contributed by atoms with van der Waals surface area (Å²) in [7, 11) is 3.42. The third-order valence-electron chi connectivity index (χ3n) is 6.79. The van der Waals surface area contributed by atoms with Crippen LogP contribution in [0.4, 0.5) is 23.0 Å². The Hall–Kier alpha value is -4.31. The number of piperidine rings is 1. The van der Waals surface area contributed by atoms with Gasteiger partial charge in [-0.15, -0.1) is 0 Å². The molecule has 0 bridgehead atoms. The molecule has 10 nitrogen and oxygen atoms in total. The summed E-state index contributed by atoms with van der Waals surface area (Å²) in [5.74, 6) is 2.37. The molecule has 10 heteroatoms. The molecule has 4 heterocycles. The van der Waals surface area contributed by atoms with Crippen molar-refractivity contribution in [1.82, 2.24) is 29.6 Å². The van der Waals surface area contributed by atoms with Gasteiger partial charge < -0.3 is 15.4 Å². The zero-order valence-corrected chi connectivity index (χ0v) is 22.6. The van der Waals surface area contributed by atoms with E-state index >= 15 is 0 Å². The number of carbonyl (C=O) groups excluding carboxylic acids is 1. The summed E-state index contributed by atoms with van der Waals surface area (Å²) in [6.07, 6.45) is 9.36. The predicted octanol–water partition coefficient (Wildman–Crippen LogP) is 5.35. The Morgan fingerprint density at radius 2 is 1.79 bits per heavy atom. The molecule has 3 aromatic heterocycles. The van der Waals surface area contributed by atoms with E-state index in [9.17, 15) is 4.79 Å². The highest BCUT2D eigenvalue weighted by molar-refractivity contribution is 6.02. The van der Waals surface area contributed by atoms with Crippen LogP contribution in [0.5, 0.6) is 5.75 Å². The standard InChI is InChI=1S/C29H34N8O2/c1-4-25(38)22-17-31-27(34-26-12-11-20(16-30-26)18-37-13-6-5-7-14-37)15-24(22)33-23-10-8-9-21(28(23)39-3)29-32-19-36(2)35-29/h8-12,15-17,19H,4-7,13-14,18H2,1-3H3,(H2,30,31,33,34). The first-order valence-corrected chi connectivity index (χ1v) is 13.3. The highest BCUT2D eigenvalue weighted by Crippen LogP contribution is 2.37. The second-order valence-corrected chi connectivity index (χ2v) is 9.66. The smallest absolute Gasteiger partial charge is 0.184 e. The molecule has 39 heavy (non-hydrogen) atoms. The number of hydrogen-bond donors (Lipinski definition) is 2. The molecule has 0 radical (unpaired) electrons. The fraction of sp³-hybridized carbons (Fsp3) is 0.345. The van der Waals surface area contributed by atoms with Crippen molar-refractivity contribution in [1.29, 1.82) is 0 Å². The summed E-state index contributed by atoms with van der Waals surface area (Å²) < 4.78 is 7.39. The topological polar surface area (TPSA) is 110 Å². The first-order valence-electron chi connectivity index (χ1n) is 13.3. The Morgan fingerprint density at radius 3 is 2.49 bits per heavy atom. The number of anilines is 4. The molecule has 1 aliphatic heterocycles. The lowest BCUT2D eigenvalue weighted by atomic mass is 10.1. The molecule has 1 fully saturated rings. The molecule has 1 aromatic carbocycles. The van der Waals surface area contributed by atoms with Crippen molar-refractivity contribution >= 4 is 28.8 Å². The monoisotopic (exact) mass is 526 g/mol. The van der Waals surface area contributed by atoms with Gasteiger partial charge in [-0.25, -0.2) is 15.0 Å². The zero-order valence-electron chi connectivity index (χ0n) is 22.6. The number of methoxy groups -OCH3 is 1. The van der Waals surface area contributed by atoms with Gasteiger partial charge in [0, 0.05) is 38.5 Å². The van der Waals surface area contributed by atoms with Crippen LogP contribution in [-0.2, 0) is 13.6 Å². The van der Waals surface area contributed by atoms with Crippen LogP contribution in [0.25, 0.3) is 11.4 Å². The van der Waals surface area contributed by atoms with Crippen LogP contribution in [0, 0.1) is 0 Å². The summed E-state index contributed by atoms with van der Waals surface area (Å²) in [5, 5.41) is 11.1. The SMILES string of the molecule is CCC(=O)c1cnc(Nc2ccc(CN3CCCCC3)cn2)cc1Nc1cccc(-c2ncn(C)n2)c1OC. The summed E-state index contributed by atoms with van der Waals surface area (Å²) >= 11 is 0. The molecule has 0 unspecified atom stereocenters. The number of Topliss-reactive ketones (excluding diaryl/α,β-unsaturated/α-hetero) is 1. The number of carbonyl (C=O) groups is 1. The summed E-state index contributed by atoms with van der Waals surface area (Å²) in [6, 6.07) is 11.6. The van der Waals surface area contributed by atoms with Crippen LogP contribution in [0.2, 0.25) is 0 Å². The van der Waals surface area contributed by atoms with E-state index in [0.29, 0.717) is 46.6 Å². The Kier molecular flexibility index (Phi) is 8.12. The van der Waals surface area contributed by atoms with Gasteiger partial charge in [0.2, 0.25) is 0 Å². The van der Waals surface area contributed by atoms with E-state index in [0.717, 1.165) is 25.2 Å². The molecule has 0 aliphatic carbocycles. The summed E-state index contributed by atoms with van der Waals surface area (Å²) in [6.45, 7) is 5.05. The number of benzene rings is 1. The fourth-order valence-corrected chi connectivity index (χ4v) is 4.78. The molecular formula is C29H34N8O2. The average molecular weight is 527 g/mol. The van der Waals surface area contributed by atoms with Gasteiger partial charge >= 0.3 is 0 Å². The number of para-hydroxylation sites is 1. The number of pyridine rings is 2. The lowest BCUT2D eigenvalue weighted by Crippen LogP contribution is -2.29. The molecule has 0 atom stereocenters. The second-order valence-electron chi connectivity index (χ2n) is 9.66. The van der Waals surface area contributed by atoms with Crippen LogP contribution in [0.3, 0.4) is 0 Å². The quantitative estimate of drug-likeness (QED) is 0.264. The van der Waals surface area contributed by atoms with Crippen molar-refractivity contribution < 1.29 is 9.53 Å². The number of aryl methyl sites for hydroxylation is 1. The molecule has 1 aliphatic rings. The van der Waals surface area contributed by atoms with E-state index in [-0.39, 0.29) is 5.78 Å². The highest BCUT2D eigenvalue weighted by atomic mass is 16.5. The summed E-state index contributed by atoms with van der Waals surface area (Å²) in [5.41, 5.74) is 3.73. The molecule has 0 saturated carbocycles. The number of hydrogen-bond acceptors (Lipinski definition) is 9. The Balaban J connectivity index is 1.39. The molecule has 1 saturated heterocycles. The van der Waals surface area contributed by atoms with E-state index in [2.05, 4.69) is 41.7 Å². The van der Waals surface area contributed by atoms with Crippen molar-refractivity contribution in [3.8, 4) is 17.1 Å². The van der Waals surface area contributed by atoms with Gasteiger partial charge in [-0.05, 0) is 49.7 Å². The van der Waals surface area contributed by atoms with Gasteiger partial charge in [0.05, 0.1) is 29.6 Å². The Labute approximate surface area is 228 Å². The normalized spacial score (nSPS) is 13.7. The molecule has 0 spiro atoms. The highest BCUT2D eigenvalue weighted by Gasteiger charge is 2.18. The van der Waals surface area contributed by atoms with Gasteiger partial charge in [0.25, 0.3) is 0 Å². The third kappa shape index (κ3) is 6.23. The van der Waals surface area contributed by atoms with E-state index in [4.69, 9.17) is 4.74 Å². The number of aromatic nitrogens is 5. The van der Waals surface area contributed by atoms with Gasteiger partial charge in [-0.3, -0.25) is 14.4 Å². The van der Waals surface area contributed by atoms with Crippen molar-refractivity contribution in [2.24, 2.45) is 7.05 Å². The number of likely N-dealkylation sites (tertiary alicyclic amines) is 1. The minimum absolute atomic E-state index is 0.0155. The van der Waals surface area contributed by atoms with Gasteiger partial charge in [0.15, 0.2) is 17.4 Å². The van der Waals surface area contributed by atoms with Crippen LogP contribution < -0.4 is 15.4 Å². The first kappa shape index (κ1) is 26.3. The molecule has 4 aromatic rings. The van der Waals surface area contributed by atoms with Gasteiger partial charge in [0.1, 0.15) is 18.0 Å². The minimum Gasteiger partial charge on any atom is -0.494 e. The fourth-order valence-electron chi connectivity index (χ4n) is 4.78. The molecular weight excluding hydrogens is 492 g/mol. The number of nitrogens with one attached hydrogen (secondary N) is 2. The van der Waals surface area contributed by atoms with Gasteiger partial charge in [-0.1, -0.05) is 25.5 Å². The van der Waals surface area contributed by atoms with Crippen LogP contribution >= 0.6 is 0 Å². The van der Waals surface area contributed by atoms with Crippen LogP contribution in [0.15, 0.2) is 55.1 Å². The van der Waals surface area contributed by atoms with E-state index in [1.807, 2.05) is 50.5 Å². The summed E-state index contributed by atoms with van der Waals surface area (Å²) in [4.78, 5) is 28.7. The molecule has 0 amide bonds. The second kappa shape index (κ2) is 12.0. The molecule has 2 N–H and O–H groups in total. The number of ketones is 1. The lowest BCUT2D eigenvalue weighted by molar-refractivity contribution is 0.0988. The van der Waals surface area contributed by atoms with Crippen molar-refractivity contribution in [3.63, 3.8) is 0 Å². The molecule has 5 rings (SSSR count). The number of ether oxygens (including phenoxy) is 1. The van der Waals surface area contributed by atoms with E-state index < -0.39 is 0 Å². The first-order chi connectivity index (χ1) is 19.0. The lowest BCUT2D eigenvalue weighted by Gasteiger charge is -2.26. The predicted molar refractivity (Wildman–Crippen MR) is 152 cm³/mol. The van der Waals surface area contributed by atoms with Crippen molar-refractivity contribution in [3.05, 3.63) is 66.2 Å². The van der Waals surface area contributed by atoms with Crippen LogP contribution in [0.1, 0.15) is 48.5 Å². The largest absolute Gasteiger partial charge is 0.494 e. The van der Waals surface area contributed by atoms with E-state index in [1.54, 1.807) is 24.3 Å². The molecule has 202 valence electrons. The third-order valence-corrected chi connectivity index (χ3v) is 6.79. The maximum Gasteiger partial charge on any atom is 0.184 e. The van der Waals surface area contributed by atoms with E-state index in [1.165, 1.54) is 24.8 Å². The van der Waals surface area contributed by atoms with Crippen molar-refractivity contribution in [2.75, 3.05) is 30.8 Å². The number of rotatable bonds is 10. The Morgan fingerprint density at radius 1 is 0.974 bits per heavy atom. The average Bonchev–Trinajstić information content (AvgIpc) is 3.40. The number of nitrogens with zero attached hydrogens (tertiary/aromatic N) is 6. The Bertz CT molecular complexity index is 1430. The minimum atomic E-state index is -0.0155. The van der Waals surface area contributed by atoms with Crippen molar-refractivity contribution in [2.45, 2.75) is 39.2 Å². The van der Waals surface area contributed by atoms with Crippen LogP contribution in [-0.4, -0.2) is 55.6 Å².